The van der Waals surface area contributed by atoms with Gasteiger partial charge in [-0.2, -0.15) is 4.98 Å². The molecule has 1 saturated heterocycles. The molecule has 182 valence electrons. The fourth-order valence-corrected chi connectivity index (χ4v) is 4.19. The van der Waals surface area contributed by atoms with Gasteiger partial charge in [-0.1, -0.05) is 37.6 Å². The Morgan fingerprint density at radius 1 is 1.11 bits per heavy atom. The van der Waals surface area contributed by atoms with Crippen molar-refractivity contribution in [3.63, 3.8) is 0 Å². The Hall–Kier alpha value is -3.53. The number of benzene rings is 1. The second-order valence-electron chi connectivity index (χ2n) is 9.79. The van der Waals surface area contributed by atoms with E-state index in [9.17, 15) is 9.18 Å². The third-order valence-electron chi connectivity index (χ3n) is 5.71. The third-order valence-corrected chi connectivity index (χ3v) is 5.92. The zero-order valence-corrected chi connectivity index (χ0v) is 20.5. The van der Waals surface area contributed by atoms with E-state index in [0.29, 0.717) is 71.9 Å². The number of nitrogens with zero attached hydrogens (tertiary/aromatic N) is 7. The van der Waals surface area contributed by atoms with Crippen molar-refractivity contribution < 1.29 is 13.6 Å². The van der Waals surface area contributed by atoms with Gasteiger partial charge in [0, 0.05) is 43.9 Å². The standard InChI is InChI=1S/C24H25ClFN7O2/c1-24(2,3)14-33-13-18(29-30-33)16-5-4-15(12-17(16)26)22(34)31-8-10-32(11-9-31)23-28-21-19(35-23)6-7-20(25)27-21/h4-7,12-13H,8-11,14H2,1-3H3. The van der Waals surface area contributed by atoms with Gasteiger partial charge in [0.2, 0.25) is 5.65 Å². The molecule has 0 bridgehead atoms. The number of aromatic nitrogens is 5. The Morgan fingerprint density at radius 3 is 2.60 bits per heavy atom. The van der Waals surface area contributed by atoms with Gasteiger partial charge in [-0.05, 0) is 35.7 Å². The average molecular weight is 498 g/mol. The molecule has 0 atom stereocenters. The van der Waals surface area contributed by atoms with Crippen molar-refractivity contribution in [2.45, 2.75) is 27.3 Å². The summed E-state index contributed by atoms with van der Waals surface area (Å²) in [6, 6.07) is 8.30. The van der Waals surface area contributed by atoms with E-state index in [1.165, 1.54) is 6.07 Å². The normalized spacial score (nSPS) is 14.7. The molecule has 5 rings (SSSR count). The number of carbonyl (C=O) groups excluding carboxylic acids is 1. The lowest BCUT2D eigenvalue weighted by Crippen LogP contribution is -2.49. The Kier molecular flexibility index (Phi) is 5.92. The molecule has 1 aliphatic rings. The highest BCUT2D eigenvalue weighted by molar-refractivity contribution is 6.29. The van der Waals surface area contributed by atoms with Crippen molar-refractivity contribution in [1.29, 1.82) is 0 Å². The molecule has 0 unspecified atom stereocenters. The van der Waals surface area contributed by atoms with Crippen LogP contribution in [0, 0.1) is 11.2 Å². The number of anilines is 1. The number of hydrogen-bond acceptors (Lipinski definition) is 7. The van der Waals surface area contributed by atoms with Gasteiger partial charge in [-0.25, -0.2) is 9.37 Å². The van der Waals surface area contributed by atoms with E-state index in [-0.39, 0.29) is 11.3 Å². The van der Waals surface area contributed by atoms with Crippen LogP contribution in [0.5, 0.6) is 0 Å². The number of piperazine rings is 1. The van der Waals surface area contributed by atoms with Crippen LogP contribution in [0.25, 0.3) is 22.5 Å². The van der Waals surface area contributed by atoms with Gasteiger partial charge >= 0.3 is 0 Å². The first-order valence-electron chi connectivity index (χ1n) is 11.3. The van der Waals surface area contributed by atoms with Gasteiger partial charge in [-0.3, -0.25) is 9.48 Å². The highest BCUT2D eigenvalue weighted by Crippen LogP contribution is 2.25. The molecule has 35 heavy (non-hydrogen) atoms. The van der Waals surface area contributed by atoms with E-state index in [1.54, 1.807) is 40.0 Å². The van der Waals surface area contributed by atoms with Gasteiger partial charge < -0.3 is 14.2 Å². The molecule has 0 N–H and O–H groups in total. The minimum Gasteiger partial charge on any atom is -0.422 e. The Balaban J connectivity index is 1.25. The van der Waals surface area contributed by atoms with Crippen molar-refractivity contribution in [2.24, 2.45) is 5.41 Å². The fraction of sp³-hybridized carbons (Fsp3) is 0.375. The Bertz CT molecular complexity index is 1390. The highest BCUT2D eigenvalue weighted by Gasteiger charge is 2.26. The summed E-state index contributed by atoms with van der Waals surface area (Å²) in [5.41, 5.74) is 2.07. The number of rotatable bonds is 4. The quantitative estimate of drug-likeness (QED) is 0.388. The van der Waals surface area contributed by atoms with Crippen molar-refractivity contribution in [3.8, 4) is 11.3 Å². The first kappa shape index (κ1) is 23.2. The maximum atomic E-state index is 14.9. The highest BCUT2D eigenvalue weighted by atomic mass is 35.5. The first-order chi connectivity index (χ1) is 16.7. The van der Waals surface area contributed by atoms with Crippen molar-refractivity contribution >= 4 is 34.8 Å². The molecular weight excluding hydrogens is 473 g/mol. The summed E-state index contributed by atoms with van der Waals surface area (Å²) in [6.07, 6.45) is 1.72. The van der Waals surface area contributed by atoms with Crippen LogP contribution >= 0.6 is 11.6 Å². The number of amides is 1. The van der Waals surface area contributed by atoms with Crippen LogP contribution in [0.15, 0.2) is 40.9 Å². The zero-order chi connectivity index (χ0) is 24.7. The smallest absolute Gasteiger partial charge is 0.300 e. The van der Waals surface area contributed by atoms with E-state index in [4.69, 9.17) is 16.0 Å². The van der Waals surface area contributed by atoms with Gasteiger partial charge in [0.1, 0.15) is 16.7 Å². The molecule has 0 saturated carbocycles. The number of hydrogen-bond donors (Lipinski definition) is 0. The minimum absolute atomic E-state index is 0.0227. The third kappa shape index (κ3) is 4.97. The number of fused-ring (bicyclic) bond motifs is 1. The van der Waals surface area contributed by atoms with Crippen LogP contribution in [0.1, 0.15) is 31.1 Å². The summed E-state index contributed by atoms with van der Waals surface area (Å²) < 4.78 is 22.4. The SMILES string of the molecule is CC(C)(C)Cn1cc(-c2ccc(C(=O)N3CCN(c4nc5nc(Cl)ccc5o4)CC3)cc2F)nn1. The lowest BCUT2D eigenvalue weighted by Gasteiger charge is -2.33. The van der Waals surface area contributed by atoms with Gasteiger partial charge in [0.15, 0.2) is 5.58 Å². The molecule has 3 aromatic heterocycles. The lowest BCUT2D eigenvalue weighted by molar-refractivity contribution is 0.0744. The van der Waals surface area contributed by atoms with Gasteiger partial charge in [0.05, 0.1) is 6.20 Å². The van der Waals surface area contributed by atoms with E-state index >= 15 is 0 Å². The molecule has 1 aromatic carbocycles. The molecule has 4 heterocycles. The predicted molar refractivity (Wildman–Crippen MR) is 130 cm³/mol. The minimum atomic E-state index is -0.505. The van der Waals surface area contributed by atoms with Crippen molar-refractivity contribution in [2.75, 3.05) is 31.1 Å². The molecule has 1 fully saturated rings. The first-order valence-corrected chi connectivity index (χ1v) is 11.7. The number of pyridine rings is 1. The predicted octanol–water partition coefficient (Wildman–Crippen LogP) is 4.28. The molecular formula is C24H25ClFN7O2. The van der Waals surface area contributed by atoms with Gasteiger partial charge in [-0.15, -0.1) is 5.10 Å². The lowest BCUT2D eigenvalue weighted by atomic mass is 9.97. The summed E-state index contributed by atoms with van der Waals surface area (Å²) in [7, 11) is 0. The van der Waals surface area contributed by atoms with E-state index in [0.717, 1.165) is 0 Å². The maximum Gasteiger partial charge on any atom is 0.300 e. The molecule has 1 aliphatic heterocycles. The molecule has 0 spiro atoms. The maximum absolute atomic E-state index is 14.9. The summed E-state index contributed by atoms with van der Waals surface area (Å²) in [5, 5.41) is 8.54. The van der Waals surface area contributed by atoms with Crippen LogP contribution in [-0.2, 0) is 6.54 Å². The summed E-state index contributed by atoms with van der Waals surface area (Å²) in [5.74, 6) is -0.729. The Morgan fingerprint density at radius 2 is 1.89 bits per heavy atom. The second-order valence-corrected chi connectivity index (χ2v) is 10.2. The largest absolute Gasteiger partial charge is 0.422 e. The summed E-state index contributed by atoms with van der Waals surface area (Å²) >= 11 is 5.92. The van der Waals surface area contributed by atoms with Crippen LogP contribution in [0.3, 0.4) is 0 Å². The topological polar surface area (TPSA) is 93.2 Å². The summed E-state index contributed by atoms with van der Waals surface area (Å²) in [4.78, 5) is 25.2. The van der Waals surface area contributed by atoms with Crippen molar-refractivity contribution in [3.05, 3.63) is 53.1 Å². The molecule has 11 heteroatoms. The van der Waals surface area contributed by atoms with Crippen LogP contribution in [0.2, 0.25) is 5.15 Å². The fourth-order valence-electron chi connectivity index (χ4n) is 4.04. The molecule has 4 aromatic rings. The average Bonchev–Trinajstić information content (AvgIpc) is 3.44. The monoisotopic (exact) mass is 497 g/mol. The van der Waals surface area contributed by atoms with Crippen LogP contribution in [0.4, 0.5) is 10.4 Å². The van der Waals surface area contributed by atoms with Crippen molar-refractivity contribution in [1.82, 2.24) is 29.9 Å². The molecule has 9 nitrogen and oxygen atoms in total. The molecule has 0 aliphatic carbocycles. The number of carbonyl (C=O) groups is 1. The van der Waals surface area contributed by atoms with Crippen LogP contribution < -0.4 is 4.90 Å². The molecule has 1 amide bonds. The van der Waals surface area contributed by atoms with E-state index in [1.807, 2.05) is 4.90 Å². The number of halogens is 2. The summed E-state index contributed by atoms with van der Waals surface area (Å²) in [6.45, 7) is 8.92. The van der Waals surface area contributed by atoms with Gasteiger partial charge in [0.25, 0.3) is 11.9 Å². The van der Waals surface area contributed by atoms with E-state index in [2.05, 4.69) is 41.1 Å². The molecule has 0 radical (unpaired) electrons. The Labute approximate surface area is 206 Å². The van der Waals surface area contributed by atoms with E-state index < -0.39 is 5.82 Å². The second kappa shape index (κ2) is 8.92. The van der Waals surface area contributed by atoms with Crippen LogP contribution in [-0.4, -0.2) is 61.9 Å². The zero-order valence-electron chi connectivity index (χ0n) is 19.7. The number of oxazole rings is 1.